The van der Waals surface area contributed by atoms with Gasteiger partial charge in [0.2, 0.25) is 11.7 Å². The van der Waals surface area contributed by atoms with Crippen LogP contribution in [0.4, 0.5) is 24.8 Å². The average Bonchev–Trinajstić information content (AvgIpc) is 2.34. The summed E-state index contributed by atoms with van der Waals surface area (Å²) in [5.74, 6) is 3.02. The van der Waals surface area contributed by atoms with Gasteiger partial charge in [0.15, 0.2) is 0 Å². The number of nitrogen functional groups attached to an aromatic ring is 1. The first-order valence-electron chi connectivity index (χ1n) is 5.11. The average molecular weight is 278 g/mol. The molecule has 0 aliphatic carbocycles. The number of nitrogens with zero attached hydrogens (tertiary/aromatic N) is 3. The first-order chi connectivity index (χ1) is 8.74. The maximum atomic E-state index is 12.5. The van der Waals surface area contributed by atoms with Crippen LogP contribution in [0.25, 0.3) is 0 Å². The predicted octanol–water partition coefficient (Wildman–Crippen LogP) is 0.281. The molecule has 1 aromatic heterocycles. The van der Waals surface area contributed by atoms with Gasteiger partial charge in [0.25, 0.3) is 0 Å². The molecule has 7 nitrogen and oxygen atoms in total. The third-order valence-electron chi connectivity index (χ3n) is 2.05. The molecule has 4 N–H and O–H groups in total. The monoisotopic (exact) mass is 278 g/mol. The van der Waals surface area contributed by atoms with Gasteiger partial charge in [-0.3, -0.25) is 4.79 Å². The van der Waals surface area contributed by atoms with Crippen LogP contribution in [0.5, 0.6) is 0 Å². The Balaban J connectivity index is 2.92. The molecule has 1 rings (SSSR count). The second-order valence-electron chi connectivity index (χ2n) is 3.75. The Morgan fingerprint density at radius 2 is 1.95 bits per heavy atom. The van der Waals surface area contributed by atoms with Crippen LogP contribution in [0.2, 0.25) is 0 Å². The minimum Gasteiger partial charge on any atom is -0.361 e. The highest BCUT2D eigenvalue weighted by molar-refractivity contribution is 5.80. The maximum absolute atomic E-state index is 12.5. The minimum atomic E-state index is -4.70. The molecule has 0 aliphatic rings. The smallest absolute Gasteiger partial charge is 0.361 e. The zero-order chi connectivity index (χ0) is 14.6. The van der Waals surface area contributed by atoms with E-state index < -0.39 is 12.0 Å². The van der Waals surface area contributed by atoms with E-state index in [2.05, 4.69) is 15.3 Å². The summed E-state index contributed by atoms with van der Waals surface area (Å²) >= 11 is 0. The molecule has 0 radical (unpaired) electrons. The van der Waals surface area contributed by atoms with E-state index >= 15 is 0 Å². The molecule has 0 saturated carbocycles. The van der Waals surface area contributed by atoms with E-state index in [4.69, 9.17) is 5.84 Å². The highest BCUT2D eigenvalue weighted by atomic mass is 19.4. The molecule has 1 heterocycles. The number of anilines is 2. The molecule has 0 saturated heterocycles. The quantitative estimate of drug-likeness (QED) is 0.541. The second kappa shape index (κ2) is 5.69. The summed E-state index contributed by atoms with van der Waals surface area (Å²) in [5.41, 5.74) is 2.00. The van der Waals surface area contributed by atoms with Gasteiger partial charge < -0.3 is 15.6 Å². The third kappa shape index (κ3) is 4.25. The number of carbonyl (C=O) groups excluding carboxylic acids is 1. The summed E-state index contributed by atoms with van der Waals surface area (Å²) in [5, 5.41) is 2.48. The fourth-order valence-corrected chi connectivity index (χ4v) is 1.06. The van der Waals surface area contributed by atoms with E-state index in [9.17, 15) is 18.0 Å². The Bertz CT molecular complexity index is 462. The van der Waals surface area contributed by atoms with Gasteiger partial charge in [-0.15, -0.1) is 0 Å². The van der Waals surface area contributed by atoms with Gasteiger partial charge in [0.1, 0.15) is 11.6 Å². The van der Waals surface area contributed by atoms with Crippen LogP contribution in [0, 0.1) is 0 Å². The third-order valence-corrected chi connectivity index (χ3v) is 2.05. The van der Waals surface area contributed by atoms with E-state index in [0.717, 1.165) is 6.07 Å². The SMILES string of the molecule is CN(C)C(=O)CNc1cc(NN)nc(C(F)(F)F)n1. The molecule has 1 aromatic rings. The summed E-state index contributed by atoms with van der Waals surface area (Å²) in [6, 6.07) is 1.16. The second-order valence-corrected chi connectivity index (χ2v) is 3.75. The molecule has 0 fully saturated rings. The number of nitrogens with one attached hydrogen (secondary N) is 2. The highest BCUT2D eigenvalue weighted by Crippen LogP contribution is 2.28. The number of alkyl halides is 3. The molecule has 0 aliphatic heterocycles. The topological polar surface area (TPSA) is 96.2 Å². The molecule has 106 valence electrons. The zero-order valence-corrected chi connectivity index (χ0v) is 10.2. The van der Waals surface area contributed by atoms with Crippen molar-refractivity contribution in [3.8, 4) is 0 Å². The molecule has 19 heavy (non-hydrogen) atoms. The molecule has 0 atom stereocenters. The number of carbonyl (C=O) groups is 1. The van der Waals surface area contributed by atoms with Gasteiger partial charge in [-0.25, -0.2) is 15.8 Å². The molecule has 1 amide bonds. The van der Waals surface area contributed by atoms with E-state index in [1.807, 2.05) is 5.43 Å². The van der Waals surface area contributed by atoms with Gasteiger partial charge in [0.05, 0.1) is 6.54 Å². The van der Waals surface area contributed by atoms with Crippen molar-refractivity contribution in [3.05, 3.63) is 11.9 Å². The number of nitrogens with two attached hydrogens (primary N) is 1. The summed E-state index contributed by atoms with van der Waals surface area (Å²) in [7, 11) is 3.05. The van der Waals surface area contributed by atoms with Crippen molar-refractivity contribution in [2.24, 2.45) is 5.84 Å². The Hall–Kier alpha value is -2.10. The van der Waals surface area contributed by atoms with E-state index in [1.165, 1.54) is 19.0 Å². The van der Waals surface area contributed by atoms with Crippen LogP contribution in [-0.4, -0.2) is 41.4 Å². The Morgan fingerprint density at radius 3 is 2.42 bits per heavy atom. The first kappa shape index (κ1) is 15.0. The fraction of sp³-hybridized carbons (Fsp3) is 0.444. The number of halogens is 3. The van der Waals surface area contributed by atoms with E-state index in [0.29, 0.717) is 0 Å². The molecule has 0 unspecified atom stereocenters. The lowest BCUT2D eigenvalue weighted by atomic mass is 10.4. The van der Waals surface area contributed by atoms with Crippen molar-refractivity contribution in [1.29, 1.82) is 0 Å². The van der Waals surface area contributed by atoms with Crippen molar-refractivity contribution >= 4 is 17.5 Å². The van der Waals surface area contributed by atoms with Gasteiger partial charge in [-0.1, -0.05) is 0 Å². The van der Waals surface area contributed by atoms with Crippen molar-refractivity contribution in [3.63, 3.8) is 0 Å². The number of likely N-dealkylation sites (N-methyl/N-ethyl adjacent to an activating group) is 1. The zero-order valence-electron chi connectivity index (χ0n) is 10.2. The normalized spacial score (nSPS) is 11.1. The highest BCUT2D eigenvalue weighted by Gasteiger charge is 2.35. The first-order valence-corrected chi connectivity index (χ1v) is 5.11. The maximum Gasteiger partial charge on any atom is 0.451 e. The molecule has 0 bridgehead atoms. The lowest BCUT2D eigenvalue weighted by Crippen LogP contribution is -2.29. The number of hydrazine groups is 1. The number of rotatable bonds is 4. The van der Waals surface area contributed by atoms with Crippen molar-refractivity contribution in [2.75, 3.05) is 31.4 Å². The minimum absolute atomic E-state index is 0.148. The molecule has 0 spiro atoms. The van der Waals surface area contributed by atoms with Gasteiger partial charge in [-0.05, 0) is 0 Å². The summed E-state index contributed by atoms with van der Waals surface area (Å²) in [6.07, 6.45) is -4.70. The van der Waals surface area contributed by atoms with Crippen LogP contribution in [0.1, 0.15) is 5.82 Å². The number of amides is 1. The van der Waals surface area contributed by atoms with Gasteiger partial charge in [0, 0.05) is 20.2 Å². The van der Waals surface area contributed by atoms with Crippen LogP contribution in [0.15, 0.2) is 6.07 Å². The van der Waals surface area contributed by atoms with Crippen molar-refractivity contribution < 1.29 is 18.0 Å². The summed E-state index contributed by atoms with van der Waals surface area (Å²) < 4.78 is 37.5. The van der Waals surface area contributed by atoms with Crippen molar-refractivity contribution in [2.45, 2.75) is 6.18 Å². The lowest BCUT2D eigenvalue weighted by molar-refractivity contribution is -0.144. The molecule has 0 aromatic carbocycles. The fourth-order valence-electron chi connectivity index (χ4n) is 1.06. The molecule has 10 heteroatoms. The standard InChI is InChI=1S/C9H13F3N6O/c1-18(2)7(19)4-14-5-3-6(17-13)16-8(15-5)9(10,11)12/h3H,4,13H2,1-2H3,(H2,14,15,16,17). The molecular weight excluding hydrogens is 265 g/mol. The van der Waals surface area contributed by atoms with Gasteiger partial charge in [-0.2, -0.15) is 13.2 Å². The number of aromatic nitrogens is 2. The van der Waals surface area contributed by atoms with Crippen molar-refractivity contribution in [1.82, 2.24) is 14.9 Å². The summed E-state index contributed by atoms with van der Waals surface area (Å²) in [6.45, 7) is -0.189. The Kier molecular flexibility index (Phi) is 4.48. The van der Waals surface area contributed by atoms with E-state index in [-0.39, 0.29) is 24.1 Å². The Labute approximate surface area is 107 Å². The Morgan fingerprint density at radius 1 is 1.37 bits per heavy atom. The lowest BCUT2D eigenvalue weighted by Gasteiger charge is -2.13. The van der Waals surface area contributed by atoms with Crippen LogP contribution in [-0.2, 0) is 11.0 Å². The number of hydrogen-bond acceptors (Lipinski definition) is 6. The van der Waals surface area contributed by atoms with E-state index in [1.54, 1.807) is 0 Å². The van der Waals surface area contributed by atoms with Crippen LogP contribution >= 0.6 is 0 Å². The van der Waals surface area contributed by atoms with Crippen LogP contribution < -0.4 is 16.6 Å². The molecular formula is C9H13F3N6O. The summed E-state index contributed by atoms with van der Waals surface area (Å²) in [4.78, 5) is 19.1. The predicted molar refractivity (Wildman–Crippen MR) is 62.0 cm³/mol. The van der Waals surface area contributed by atoms with Crippen LogP contribution in [0.3, 0.4) is 0 Å². The van der Waals surface area contributed by atoms with Gasteiger partial charge >= 0.3 is 6.18 Å². The number of hydrogen-bond donors (Lipinski definition) is 3. The largest absolute Gasteiger partial charge is 0.451 e.